The van der Waals surface area contributed by atoms with Crippen LogP contribution in [0.5, 0.6) is 0 Å². The summed E-state index contributed by atoms with van der Waals surface area (Å²) in [6.07, 6.45) is 0. The fraction of sp³-hybridized carbons (Fsp3) is 0.0455. The van der Waals surface area contributed by atoms with Crippen molar-refractivity contribution in [1.29, 1.82) is 0 Å². The Morgan fingerprint density at radius 2 is 1.44 bits per heavy atom. The Hall–Kier alpha value is -2.84. The van der Waals surface area contributed by atoms with Crippen molar-refractivity contribution in [3.05, 3.63) is 83.9 Å². The average Bonchev–Trinajstić information content (AvgIpc) is 2.97. The maximum Gasteiger partial charge on any atom is 0.228 e. The molecule has 0 amide bonds. The Morgan fingerprint density at radius 1 is 0.840 bits per heavy atom. The van der Waals surface area contributed by atoms with Gasteiger partial charge in [-0.05, 0) is 23.3 Å². The summed E-state index contributed by atoms with van der Waals surface area (Å²) in [4.78, 5) is 12.5. The van der Waals surface area contributed by atoms with E-state index in [-0.39, 0.29) is 5.91 Å². The summed E-state index contributed by atoms with van der Waals surface area (Å²) < 4.78 is 1.76. The lowest BCUT2D eigenvalue weighted by Crippen LogP contribution is -2.07. The summed E-state index contributed by atoms with van der Waals surface area (Å²) in [5.41, 5.74) is 4.86. The molecule has 122 valence electrons. The van der Waals surface area contributed by atoms with Gasteiger partial charge in [-0.25, -0.2) is 0 Å². The fourth-order valence-corrected chi connectivity index (χ4v) is 3.52. The number of hydrogen-bond acceptors (Lipinski definition) is 1. The number of fused-ring (bicyclic) bond motifs is 1. The third-order valence-corrected chi connectivity index (χ3v) is 4.59. The van der Waals surface area contributed by atoms with Crippen molar-refractivity contribution in [3.8, 4) is 22.4 Å². The highest BCUT2D eigenvalue weighted by molar-refractivity contribution is 6.31. The average molecular weight is 346 g/mol. The van der Waals surface area contributed by atoms with E-state index in [2.05, 4.69) is 12.1 Å². The van der Waals surface area contributed by atoms with Gasteiger partial charge in [-0.1, -0.05) is 78.3 Å². The molecule has 2 nitrogen and oxygen atoms in total. The molecule has 0 N–H and O–H groups in total. The molecule has 0 fully saturated rings. The third-order valence-electron chi connectivity index (χ3n) is 4.36. The van der Waals surface area contributed by atoms with E-state index in [1.54, 1.807) is 11.5 Å². The molecule has 1 heterocycles. The Balaban J connectivity index is 2.20. The molecular weight excluding hydrogens is 330 g/mol. The van der Waals surface area contributed by atoms with E-state index in [4.69, 9.17) is 11.6 Å². The second-order valence-electron chi connectivity index (χ2n) is 5.97. The number of carbonyl (C=O) groups is 1. The number of aromatic nitrogens is 1. The third kappa shape index (κ3) is 2.65. The van der Waals surface area contributed by atoms with Crippen LogP contribution >= 0.6 is 11.6 Å². The Labute approximate surface area is 151 Å². The maximum atomic E-state index is 12.5. The van der Waals surface area contributed by atoms with Crippen LogP contribution in [0.2, 0.25) is 5.02 Å². The van der Waals surface area contributed by atoms with Crippen LogP contribution < -0.4 is 0 Å². The van der Waals surface area contributed by atoms with E-state index in [0.717, 1.165) is 33.3 Å². The lowest BCUT2D eigenvalue weighted by molar-refractivity contribution is 0.0943. The zero-order valence-electron chi connectivity index (χ0n) is 13.7. The molecule has 3 aromatic carbocycles. The van der Waals surface area contributed by atoms with Gasteiger partial charge in [0.1, 0.15) is 0 Å². The van der Waals surface area contributed by atoms with Crippen LogP contribution in [0.3, 0.4) is 0 Å². The minimum absolute atomic E-state index is 0.0340. The molecule has 0 aliphatic heterocycles. The molecule has 0 aliphatic carbocycles. The molecule has 25 heavy (non-hydrogen) atoms. The normalized spacial score (nSPS) is 11.0. The molecular formula is C22H16ClNO. The molecule has 0 atom stereocenters. The summed E-state index contributed by atoms with van der Waals surface area (Å²) in [6.45, 7) is 1.58. The molecule has 0 unspecified atom stereocenters. The van der Waals surface area contributed by atoms with Crippen molar-refractivity contribution in [1.82, 2.24) is 4.57 Å². The van der Waals surface area contributed by atoms with Crippen LogP contribution in [0.25, 0.3) is 33.3 Å². The first-order valence-electron chi connectivity index (χ1n) is 8.12. The summed E-state index contributed by atoms with van der Waals surface area (Å²) in [7, 11) is 0. The Bertz CT molecular complexity index is 1070. The van der Waals surface area contributed by atoms with E-state index in [1.165, 1.54) is 0 Å². The van der Waals surface area contributed by atoms with Crippen LogP contribution in [0.4, 0.5) is 0 Å². The van der Waals surface area contributed by atoms with Crippen molar-refractivity contribution in [2.45, 2.75) is 6.92 Å². The molecule has 0 aliphatic rings. The van der Waals surface area contributed by atoms with Crippen LogP contribution in [0, 0.1) is 0 Å². The number of halogens is 1. The molecule has 4 rings (SSSR count). The van der Waals surface area contributed by atoms with Gasteiger partial charge in [-0.3, -0.25) is 9.36 Å². The lowest BCUT2D eigenvalue weighted by atomic mass is 9.98. The highest BCUT2D eigenvalue weighted by Gasteiger charge is 2.22. The standard InChI is InChI=1S/C22H16ClNO/c1-15(25)24-20-14-18(23)12-13-19(20)21(16-8-4-2-5-9-16)22(24)17-10-6-3-7-11-17/h2-14H,1H3. The van der Waals surface area contributed by atoms with Crippen LogP contribution in [0.1, 0.15) is 11.7 Å². The first-order chi connectivity index (χ1) is 12.2. The van der Waals surface area contributed by atoms with Crippen LogP contribution in [-0.2, 0) is 0 Å². The van der Waals surface area contributed by atoms with Gasteiger partial charge in [0, 0.05) is 22.9 Å². The monoisotopic (exact) mass is 345 g/mol. The van der Waals surface area contributed by atoms with E-state index < -0.39 is 0 Å². The molecule has 0 spiro atoms. The zero-order chi connectivity index (χ0) is 17.4. The SMILES string of the molecule is CC(=O)n1c(-c2ccccc2)c(-c2ccccc2)c2ccc(Cl)cc21. The van der Waals surface area contributed by atoms with Crippen molar-refractivity contribution >= 4 is 28.4 Å². The topological polar surface area (TPSA) is 22.0 Å². The van der Waals surface area contributed by atoms with Crippen LogP contribution in [-0.4, -0.2) is 10.5 Å². The largest absolute Gasteiger partial charge is 0.279 e. The molecule has 0 bridgehead atoms. The van der Waals surface area contributed by atoms with E-state index in [9.17, 15) is 4.79 Å². The first-order valence-corrected chi connectivity index (χ1v) is 8.50. The van der Waals surface area contributed by atoms with Crippen molar-refractivity contribution < 1.29 is 4.79 Å². The molecule has 3 heteroatoms. The van der Waals surface area contributed by atoms with Gasteiger partial charge in [0.05, 0.1) is 11.2 Å². The number of carbonyl (C=O) groups excluding carboxylic acids is 1. The highest BCUT2D eigenvalue weighted by atomic mass is 35.5. The summed E-state index contributed by atoms with van der Waals surface area (Å²) in [6, 6.07) is 25.9. The zero-order valence-corrected chi connectivity index (χ0v) is 14.5. The van der Waals surface area contributed by atoms with Gasteiger partial charge in [-0.2, -0.15) is 0 Å². The maximum absolute atomic E-state index is 12.5. The minimum atomic E-state index is -0.0340. The van der Waals surface area contributed by atoms with Gasteiger partial charge < -0.3 is 0 Å². The summed E-state index contributed by atoms with van der Waals surface area (Å²) >= 11 is 6.22. The summed E-state index contributed by atoms with van der Waals surface area (Å²) in [5.74, 6) is -0.0340. The van der Waals surface area contributed by atoms with Crippen molar-refractivity contribution in [2.75, 3.05) is 0 Å². The number of benzene rings is 3. The Kier molecular flexibility index (Phi) is 3.90. The summed E-state index contributed by atoms with van der Waals surface area (Å²) in [5, 5.41) is 1.64. The fourth-order valence-electron chi connectivity index (χ4n) is 3.35. The van der Waals surface area contributed by atoms with Gasteiger partial charge in [0.25, 0.3) is 0 Å². The van der Waals surface area contributed by atoms with Crippen LogP contribution in [0.15, 0.2) is 78.9 Å². The van der Waals surface area contributed by atoms with Crippen molar-refractivity contribution in [3.63, 3.8) is 0 Å². The van der Waals surface area contributed by atoms with Crippen molar-refractivity contribution in [2.24, 2.45) is 0 Å². The van der Waals surface area contributed by atoms with Gasteiger partial charge in [0.15, 0.2) is 0 Å². The van der Waals surface area contributed by atoms with Gasteiger partial charge in [0.2, 0.25) is 5.91 Å². The first kappa shape index (κ1) is 15.7. The quantitative estimate of drug-likeness (QED) is 0.418. The number of hydrogen-bond donors (Lipinski definition) is 0. The minimum Gasteiger partial charge on any atom is -0.279 e. The number of rotatable bonds is 2. The second-order valence-corrected chi connectivity index (χ2v) is 6.41. The van der Waals surface area contributed by atoms with E-state index in [0.29, 0.717) is 5.02 Å². The van der Waals surface area contributed by atoms with E-state index in [1.807, 2.05) is 66.7 Å². The lowest BCUT2D eigenvalue weighted by Gasteiger charge is -2.10. The molecule has 0 radical (unpaired) electrons. The smallest absolute Gasteiger partial charge is 0.228 e. The molecule has 0 saturated carbocycles. The molecule has 0 saturated heterocycles. The van der Waals surface area contributed by atoms with Gasteiger partial charge in [-0.15, -0.1) is 0 Å². The highest BCUT2D eigenvalue weighted by Crippen LogP contribution is 2.41. The van der Waals surface area contributed by atoms with E-state index >= 15 is 0 Å². The number of nitrogens with zero attached hydrogens (tertiary/aromatic N) is 1. The Morgan fingerprint density at radius 3 is 2.04 bits per heavy atom. The van der Waals surface area contributed by atoms with Gasteiger partial charge >= 0.3 is 0 Å². The predicted molar refractivity (Wildman–Crippen MR) is 104 cm³/mol. The predicted octanol–water partition coefficient (Wildman–Crippen LogP) is 6.29. The second kappa shape index (κ2) is 6.23. The molecule has 1 aromatic heterocycles. The molecule has 4 aromatic rings.